The number of aromatic nitrogens is 2. The zero-order valence-electron chi connectivity index (χ0n) is 17.9. The lowest BCUT2D eigenvalue weighted by Crippen LogP contribution is -2.55. The Labute approximate surface area is 173 Å². The lowest BCUT2D eigenvalue weighted by molar-refractivity contribution is -0.120. The van der Waals surface area contributed by atoms with Crippen molar-refractivity contribution in [2.45, 2.75) is 70.9 Å². The molecule has 29 heavy (non-hydrogen) atoms. The molecule has 2 aromatic rings. The van der Waals surface area contributed by atoms with Gasteiger partial charge < -0.3 is 15.1 Å². The summed E-state index contributed by atoms with van der Waals surface area (Å²) in [5.74, 6) is 2.09. The number of rotatable bonds is 5. The van der Waals surface area contributed by atoms with Crippen LogP contribution in [0.5, 0.6) is 0 Å². The van der Waals surface area contributed by atoms with Crippen molar-refractivity contribution in [2.75, 3.05) is 22.2 Å². The Hall–Kier alpha value is -2.63. The number of carbonyl (C=O) groups is 1. The quantitative estimate of drug-likeness (QED) is 0.787. The highest BCUT2D eigenvalue weighted by molar-refractivity contribution is 6.04. The number of hydrogen-bond donors (Lipinski definition) is 1. The first-order valence-electron chi connectivity index (χ1n) is 10.8. The molecule has 1 fully saturated rings. The van der Waals surface area contributed by atoms with Crippen molar-refractivity contribution in [1.82, 2.24) is 9.97 Å². The number of fused-ring (bicyclic) bond motifs is 1. The van der Waals surface area contributed by atoms with Crippen molar-refractivity contribution in [3.8, 4) is 0 Å². The normalized spacial score (nSPS) is 19.8. The number of nitrogens with one attached hydrogen (secondary N) is 1. The summed E-state index contributed by atoms with van der Waals surface area (Å²) in [7, 11) is 1.83. The smallest absolute Gasteiger partial charge is 0.249 e. The maximum Gasteiger partial charge on any atom is 0.249 e. The Morgan fingerprint density at radius 3 is 2.48 bits per heavy atom. The van der Waals surface area contributed by atoms with Gasteiger partial charge in [0.15, 0.2) is 5.82 Å². The van der Waals surface area contributed by atoms with Gasteiger partial charge in [0.25, 0.3) is 0 Å². The second-order valence-electron chi connectivity index (χ2n) is 8.47. The predicted octanol–water partition coefficient (Wildman–Crippen LogP) is 4.85. The molecule has 0 saturated heterocycles. The maximum atomic E-state index is 13.0. The average molecular weight is 394 g/mol. The lowest BCUT2D eigenvalue weighted by Gasteiger charge is -2.43. The third-order valence-electron chi connectivity index (χ3n) is 6.25. The molecular weight excluding hydrogens is 362 g/mol. The topological polar surface area (TPSA) is 61.4 Å². The van der Waals surface area contributed by atoms with E-state index in [1.165, 1.54) is 18.4 Å². The first-order chi connectivity index (χ1) is 14.0. The van der Waals surface area contributed by atoms with Gasteiger partial charge in [0, 0.05) is 18.8 Å². The van der Waals surface area contributed by atoms with E-state index in [-0.39, 0.29) is 11.9 Å². The molecule has 1 aromatic heterocycles. The van der Waals surface area contributed by atoms with E-state index in [1.54, 1.807) is 11.1 Å². The molecule has 1 unspecified atom stereocenters. The Kier molecular flexibility index (Phi) is 5.43. The second-order valence-corrected chi connectivity index (χ2v) is 8.47. The molecular formula is C23H31N5O. The third kappa shape index (κ3) is 3.68. The van der Waals surface area contributed by atoms with E-state index < -0.39 is 0 Å². The number of carbonyl (C=O) groups excluding carboxylic acids is 1. The molecule has 6 heteroatoms. The van der Waals surface area contributed by atoms with Crippen LogP contribution in [0.2, 0.25) is 0 Å². The average Bonchev–Trinajstić information content (AvgIpc) is 3.25. The van der Waals surface area contributed by atoms with Crippen LogP contribution >= 0.6 is 0 Å². The van der Waals surface area contributed by atoms with Crippen molar-refractivity contribution in [2.24, 2.45) is 0 Å². The van der Waals surface area contributed by atoms with Crippen LogP contribution in [0, 0.1) is 0 Å². The van der Waals surface area contributed by atoms with Crippen LogP contribution in [0.1, 0.15) is 64.4 Å². The van der Waals surface area contributed by atoms with Crippen LogP contribution in [0.3, 0.4) is 0 Å². The van der Waals surface area contributed by atoms with Gasteiger partial charge in [-0.1, -0.05) is 45.7 Å². The fourth-order valence-corrected chi connectivity index (χ4v) is 4.52. The van der Waals surface area contributed by atoms with Crippen LogP contribution in [0.15, 0.2) is 30.5 Å². The highest BCUT2D eigenvalue weighted by Crippen LogP contribution is 2.40. The monoisotopic (exact) mass is 393 g/mol. The molecule has 1 atom stereocenters. The van der Waals surface area contributed by atoms with E-state index >= 15 is 0 Å². The molecule has 1 saturated carbocycles. The van der Waals surface area contributed by atoms with Crippen molar-refractivity contribution < 1.29 is 4.79 Å². The number of hydrogen-bond acceptors (Lipinski definition) is 5. The molecule has 154 valence electrons. The van der Waals surface area contributed by atoms with E-state index in [1.807, 2.05) is 7.05 Å². The SMILES string of the molecule is CCC1C(=O)N(C)c2cnc(Nc3ccc(C(C)C)cc3)nc2N1C1CCCC1. The van der Waals surface area contributed by atoms with Gasteiger partial charge in [0.05, 0.1) is 6.20 Å². The van der Waals surface area contributed by atoms with Gasteiger partial charge >= 0.3 is 0 Å². The molecule has 1 aliphatic heterocycles. The highest BCUT2D eigenvalue weighted by atomic mass is 16.2. The molecule has 0 radical (unpaired) electrons. The fourth-order valence-electron chi connectivity index (χ4n) is 4.52. The van der Waals surface area contributed by atoms with Gasteiger partial charge in [0.1, 0.15) is 11.7 Å². The van der Waals surface area contributed by atoms with E-state index in [0.29, 0.717) is 17.9 Å². The summed E-state index contributed by atoms with van der Waals surface area (Å²) < 4.78 is 0. The Balaban J connectivity index is 1.67. The van der Waals surface area contributed by atoms with Gasteiger partial charge in [-0.2, -0.15) is 4.98 Å². The Morgan fingerprint density at radius 2 is 1.86 bits per heavy atom. The summed E-state index contributed by atoms with van der Waals surface area (Å²) in [5.41, 5.74) is 3.07. The molecule has 1 aliphatic carbocycles. The summed E-state index contributed by atoms with van der Waals surface area (Å²) >= 11 is 0. The molecule has 1 N–H and O–H groups in total. The van der Waals surface area contributed by atoms with Crippen molar-refractivity contribution in [1.29, 1.82) is 0 Å². The first kappa shape index (κ1) is 19.7. The standard InChI is InChI=1S/C23H31N5O/c1-5-19-22(29)27(4)20-14-24-23(25-17-12-10-16(11-13-17)15(2)3)26-21(20)28(19)18-8-6-7-9-18/h10-15,18-19H,5-9H2,1-4H3,(H,24,25,26). The zero-order chi connectivity index (χ0) is 20.5. The zero-order valence-corrected chi connectivity index (χ0v) is 17.9. The summed E-state index contributed by atoms with van der Waals surface area (Å²) in [6.45, 7) is 6.46. The number of benzene rings is 1. The van der Waals surface area contributed by atoms with Crippen LogP contribution < -0.4 is 15.1 Å². The number of nitrogens with zero attached hydrogens (tertiary/aromatic N) is 4. The van der Waals surface area contributed by atoms with Crippen LogP contribution in [0.4, 0.5) is 23.1 Å². The minimum Gasteiger partial charge on any atom is -0.340 e. The number of likely N-dealkylation sites (N-methyl/N-ethyl adjacent to an activating group) is 1. The van der Waals surface area contributed by atoms with Crippen LogP contribution in [0.25, 0.3) is 0 Å². The predicted molar refractivity (Wildman–Crippen MR) is 118 cm³/mol. The molecule has 6 nitrogen and oxygen atoms in total. The Bertz CT molecular complexity index is 873. The van der Waals surface area contributed by atoms with E-state index in [2.05, 4.69) is 60.2 Å². The lowest BCUT2D eigenvalue weighted by atomic mass is 10.0. The molecule has 0 bridgehead atoms. The molecule has 4 rings (SSSR count). The highest BCUT2D eigenvalue weighted by Gasteiger charge is 2.41. The van der Waals surface area contributed by atoms with Crippen LogP contribution in [-0.2, 0) is 4.79 Å². The van der Waals surface area contributed by atoms with Gasteiger partial charge in [-0.05, 0) is 42.9 Å². The summed E-state index contributed by atoms with van der Waals surface area (Å²) in [6, 6.07) is 8.63. The van der Waals surface area contributed by atoms with Crippen molar-refractivity contribution in [3.63, 3.8) is 0 Å². The number of anilines is 4. The van der Waals surface area contributed by atoms with E-state index in [9.17, 15) is 4.79 Å². The minimum atomic E-state index is -0.149. The maximum absolute atomic E-state index is 13.0. The molecule has 2 heterocycles. The van der Waals surface area contributed by atoms with Gasteiger partial charge in [-0.15, -0.1) is 0 Å². The third-order valence-corrected chi connectivity index (χ3v) is 6.25. The fraction of sp³-hybridized carbons (Fsp3) is 0.522. The van der Waals surface area contributed by atoms with E-state index in [0.717, 1.165) is 36.5 Å². The summed E-state index contributed by atoms with van der Waals surface area (Å²) in [5, 5.41) is 3.34. The molecule has 2 aliphatic rings. The van der Waals surface area contributed by atoms with E-state index in [4.69, 9.17) is 4.98 Å². The Morgan fingerprint density at radius 1 is 1.17 bits per heavy atom. The van der Waals surface area contributed by atoms with Crippen molar-refractivity contribution >= 4 is 29.0 Å². The van der Waals surface area contributed by atoms with Gasteiger partial charge in [-0.3, -0.25) is 4.79 Å². The van der Waals surface area contributed by atoms with Gasteiger partial charge in [0.2, 0.25) is 11.9 Å². The summed E-state index contributed by atoms with van der Waals surface area (Å²) in [6.07, 6.45) is 7.23. The van der Waals surface area contributed by atoms with Gasteiger partial charge in [-0.25, -0.2) is 4.98 Å². The minimum absolute atomic E-state index is 0.139. The largest absolute Gasteiger partial charge is 0.340 e. The molecule has 0 spiro atoms. The number of amides is 1. The second kappa shape index (κ2) is 8.01. The molecule has 1 aromatic carbocycles. The summed E-state index contributed by atoms with van der Waals surface area (Å²) in [4.78, 5) is 26.3. The van der Waals surface area contributed by atoms with Crippen molar-refractivity contribution in [3.05, 3.63) is 36.0 Å². The molecule has 1 amide bonds. The first-order valence-corrected chi connectivity index (χ1v) is 10.8. The van der Waals surface area contributed by atoms with Crippen LogP contribution in [-0.4, -0.2) is 35.0 Å².